The highest BCUT2D eigenvalue weighted by Gasteiger charge is 2.10. The van der Waals surface area contributed by atoms with Crippen LogP contribution < -0.4 is 10.5 Å². The molecule has 0 aliphatic rings. The van der Waals surface area contributed by atoms with Crippen molar-refractivity contribution in [2.45, 2.75) is 6.61 Å². The highest BCUT2D eigenvalue weighted by atomic mass is 16.5. The summed E-state index contributed by atoms with van der Waals surface area (Å²) in [5.41, 5.74) is 6.97. The van der Waals surface area contributed by atoms with E-state index >= 15 is 0 Å². The largest absolute Gasteiger partial charge is 0.435 e. The molecular weight excluding hydrogens is 244 g/mol. The lowest BCUT2D eigenvalue weighted by molar-refractivity contribution is 0.276. The van der Waals surface area contributed by atoms with Crippen LogP contribution in [0.25, 0.3) is 5.65 Å². The summed E-state index contributed by atoms with van der Waals surface area (Å²) in [5, 5.41) is 9.28. The van der Waals surface area contributed by atoms with E-state index in [1.54, 1.807) is 35.1 Å². The van der Waals surface area contributed by atoms with Crippen molar-refractivity contribution in [3.8, 4) is 11.6 Å². The molecule has 6 nitrogen and oxygen atoms in total. The first-order valence-electron chi connectivity index (χ1n) is 5.74. The maximum atomic E-state index is 9.28. The first-order valence-corrected chi connectivity index (χ1v) is 5.74. The lowest BCUT2D eigenvalue weighted by Crippen LogP contribution is -2.00. The molecule has 2 heterocycles. The van der Waals surface area contributed by atoms with Crippen LogP contribution >= 0.6 is 0 Å². The van der Waals surface area contributed by atoms with Gasteiger partial charge in [-0.15, -0.1) is 0 Å². The van der Waals surface area contributed by atoms with Crippen molar-refractivity contribution in [3.05, 3.63) is 48.4 Å². The van der Waals surface area contributed by atoms with Gasteiger partial charge in [0, 0.05) is 18.0 Å². The van der Waals surface area contributed by atoms with Crippen LogP contribution in [-0.2, 0) is 6.61 Å². The second-order valence-corrected chi connectivity index (χ2v) is 4.00. The maximum Gasteiger partial charge on any atom is 0.265 e. The fourth-order valence-corrected chi connectivity index (χ4v) is 1.83. The Morgan fingerprint density at radius 1 is 1.32 bits per heavy atom. The summed E-state index contributed by atoms with van der Waals surface area (Å²) in [4.78, 5) is 8.30. The molecule has 0 radical (unpaired) electrons. The second-order valence-electron chi connectivity index (χ2n) is 4.00. The van der Waals surface area contributed by atoms with E-state index in [-0.39, 0.29) is 6.61 Å². The molecule has 3 N–H and O–H groups in total. The molecule has 0 amide bonds. The van der Waals surface area contributed by atoms with Crippen molar-refractivity contribution < 1.29 is 9.84 Å². The normalized spacial score (nSPS) is 10.8. The number of nitrogens with zero attached hydrogens (tertiary/aromatic N) is 3. The molecule has 0 aliphatic carbocycles. The van der Waals surface area contributed by atoms with Gasteiger partial charge < -0.3 is 15.6 Å². The highest BCUT2D eigenvalue weighted by molar-refractivity contribution is 5.54. The third-order valence-electron chi connectivity index (χ3n) is 2.71. The van der Waals surface area contributed by atoms with Gasteiger partial charge in [0.25, 0.3) is 5.88 Å². The molecule has 1 aromatic carbocycles. The fourth-order valence-electron chi connectivity index (χ4n) is 1.83. The molecule has 19 heavy (non-hydrogen) atoms. The quantitative estimate of drug-likeness (QED) is 0.743. The molecule has 0 atom stereocenters. The number of anilines is 1. The zero-order valence-corrected chi connectivity index (χ0v) is 10.0. The summed E-state index contributed by atoms with van der Waals surface area (Å²) in [6.45, 7) is -0.108. The van der Waals surface area contributed by atoms with Crippen molar-refractivity contribution in [1.82, 2.24) is 14.4 Å². The van der Waals surface area contributed by atoms with E-state index in [0.29, 0.717) is 28.7 Å². The molecule has 0 fully saturated rings. The van der Waals surface area contributed by atoms with E-state index in [2.05, 4.69) is 9.97 Å². The topological polar surface area (TPSA) is 85.7 Å². The minimum absolute atomic E-state index is 0.108. The molecule has 0 bridgehead atoms. The van der Waals surface area contributed by atoms with Gasteiger partial charge in [-0.25, -0.2) is 4.98 Å². The van der Waals surface area contributed by atoms with Crippen molar-refractivity contribution in [2.75, 3.05) is 5.73 Å². The number of aromatic nitrogens is 3. The predicted octanol–water partition coefficient (Wildman–Crippen LogP) is 1.60. The average molecular weight is 256 g/mol. The van der Waals surface area contributed by atoms with Gasteiger partial charge in [0.15, 0.2) is 0 Å². The first kappa shape index (κ1) is 11.5. The Balaban J connectivity index is 2.07. The van der Waals surface area contributed by atoms with Gasteiger partial charge in [0.05, 0.1) is 12.8 Å². The number of aliphatic hydroxyl groups excluding tert-OH is 1. The Labute approximate surface area is 109 Å². The van der Waals surface area contributed by atoms with Gasteiger partial charge in [-0.1, -0.05) is 18.2 Å². The van der Waals surface area contributed by atoms with E-state index < -0.39 is 0 Å². The summed E-state index contributed by atoms with van der Waals surface area (Å²) in [6, 6.07) is 7.19. The third-order valence-corrected chi connectivity index (χ3v) is 2.71. The molecule has 0 spiro atoms. The molecule has 0 aliphatic heterocycles. The van der Waals surface area contributed by atoms with Crippen LogP contribution in [0.4, 0.5) is 5.82 Å². The highest BCUT2D eigenvalue weighted by Crippen LogP contribution is 2.27. The fraction of sp³-hybridized carbons (Fsp3) is 0.0769. The zero-order valence-electron chi connectivity index (χ0n) is 10.0. The number of rotatable bonds is 3. The number of ether oxygens (including phenoxy) is 1. The Morgan fingerprint density at radius 3 is 3.00 bits per heavy atom. The Hall–Kier alpha value is -2.60. The van der Waals surface area contributed by atoms with Crippen molar-refractivity contribution in [1.29, 1.82) is 0 Å². The number of para-hydroxylation sites is 1. The smallest absolute Gasteiger partial charge is 0.265 e. The second kappa shape index (κ2) is 4.58. The van der Waals surface area contributed by atoms with Crippen LogP contribution in [0.1, 0.15) is 5.56 Å². The van der Waals surface area contributed by atoms with E-state index in [1.807, 2.05) is 12.1 Å². The van der Waals surface area contributed by atoms with E-state index in [4.69, 9.17) is 10.5 Å². The molecule has 0 saturated heterocycles. The number of hydrogen-bond acceptors (Lipinski definition) is 5. The Bertz CT molecular complexity index is 723. The first-order chi connectivity index (χ1) is 9.28. The summed E-state index contributed by atoms with van der Waals surface area (Å²) in [7, 11) is 0. The van der Waals surface area contributed by atoms with Crippen LogP contribution in [0.5, 0.6) is 11.6 Å². The Kier molecular flexibility index (Phi) is 2.77. The van der Waals surface area contributed by atoms with Crippen LogP contribution in [0.2, 0.25) is 0 Å². The van der Waals surface area contributed by atoms with Gasteiger partial charge in [0.2, 0.25) is 5.65 Å². The average Bonchev–Trinajstić information content (AvgIpc) is 2.87. The van der Waals surface area contributed by atoms with Crippen LogP contribution in [0.3, 0.4) is 0 Å². The van der Waals surface area contributed by atoms with E-state index in [9.17, 15) is 5.11 Å². The monoisotopic (exact) mass is 256 g/mol. The van der Waals surface area contributed by atoms with Crippen molar-refractivity contribution >= 4 is 11.5 Å². The number of hydrogen-bond donors (Lipinski definition) is 2. The number of aliphatic hydroxyl groups is 1. The van der Waals surface area contributed by atoms with Crippen molar-refractivity contribution in [3.63, 3.8) is 0 Å². The number of nitrogens with two attached hydrogens (primary N) is 1. The van der Waals surface area contributed by atoms with Gasteiger partial charge >= 0.3 is 0 Å². The third kappa shape index (κ3) is 2.09. The summed E-state index contributed by atoms with van der Waals surface area (Å²) < 4.78 is 7.45. The standard InChI is InChI=1S/C13H12N4O2/c14-11-7-17-6-5-15-12(17)13(16-11)19-10-4-2-1-3-9(10)8-18/h1-7,18H,8,14H2. The number of nitrogen functional groups attached to an aromatic ring is 1. The zero-order chi connectivity index (χ0) is 13.2. The van der Waals surface area contributed by atoms with Gasteiger partial charge in [-0.3, -0.25) is 4.40 Å². The molecule has 3 aromatic rings. The van der Waals surface area contributed by atoms with Crippen LogP contribution in [-0.4, -0.2) is 19.5 Å². The molecular formula is C13H12N4O2. The van der Waals surface area contributed by atoms with E-state index in [0.717, 1.165) is 0 Å². The molecule has 6 heteroatoms. The summed E-state index contributed by atoms with van der Waals surface area (Å²) in [6.07, 6.45) is 5.06. The number of fused-ring (bicyclic) bond motifs is 1. The van der Waals surface area contributed by atoms with Gasteiger partial charge in [-0.05, 0) is 6.07 Å². The van der Waals surface area contributed by atoms with Crippen molar-refractivity contribution in [2.24, 2.45) is 0 Å². The van der Waals surface area contributed by atoms with E-state index in [1.165, 1.54) is 0 Å². The predicted molar refractivity (Wildman–Crippen MR) is 69.8 cm³/mol. The van der Waals surface area contributed by atoms with Gasteiger partial charge in [-0.2, -0.15) is 4.98 Å². The molecule has 0 saturated carbocycles. The lowest BCUT2D eigenvalue weighted by atomic mass is 10.2. The molecule has 3 rings (SSSR count). The Morgan fingerprint density at radius 2 is 2.16 bits per heavy atom. The maximum absolute atomic E-state index is 9.28. The minimum atomic E-state index is -0.108. The number of benzene rings is 1. The molecule has 0 unspecified atom stereocenters. The lowest BCUT2D eigenvalue weighted by Gasteiger charge is -2.09. The summed E-state index contributed by atoms with van der Waals surface area (Å²) in [5.74, 6) is 1.18. The van der Waals surface area contributed by atoms with Crippen LogP contribution in [0, 0.1) is 0 Å². The molecule has 2 aromatic heterocycles. The van der Waals surface area contributed by atoms with Gasteiger partial charge in [0.1, 0.15) is 11.6 Å². The minimum Gasteiger partial charge on any atom is -0.435 e. The number of imidazole rings is 1. The SMILES string of the molecule is Nc1cn2ccnc2c(Oc2ccccc2CO)n1. The van der Waals surface area contributed by atoms with Crippen LogP contribution in [0.15, 0.2) is 42.9 Å². The molecule has 96 valence electrons. The summed E-state index contributed by atoms with van der Waals surface area (Å²) >= 11 is 0.